The van der Waals surface area contributed by atoms with Gasteiger partial charge in [0.15, 0.2) is 0 Å². The van der Waals surface area contributed by atoms with E-state index < -0.39 is 0 Å². The SMILES string of the molecule is COc1ccc(CN2CCOC(CN(C(=O)c3cccnc3)C3CCCC3)C2)c(OC)c1. The van der Waals surface area contributed by atoms with E-state index in [1.165, 1.54) is 12.8 Å². The van der Waals surface area contributed by atoms with Crippen molar-refractivity contribution in [2.45, 2.75) is 44.4 Å². The van der Waals surface area contributed by atoms with E-state index in [0.29, 0.717) is 18.7 Å². The summed E-state index contributed by atoms with van der Waals surface area (Å²) in [5, 5.41) is 0. The summed E-state index contributed by atoms with van der Waals surface area (Å²) in [6.07, 6.45) is 7.82. The van der Waals surface area contributed by atoms with Crippen LogP contribution in [0.1, 0.15) is 41.6 Å². The van der Waals surface area contributed by atoms with Crippen LogP contribution in [0.3, 0.4) is 0 Å². The van der Waals surface area contributed by atoms with Crippen molar-refractivity contribution in [3.8, 4) is 11.5 Å². The normalized spacial score (nSPS) is 19.6. The summed E-state index contributed by atoms with van der Waals surface area (Å²) in [7, 11) is 3.34. The molecule has 2 aromatic rings. The molecule has 0 N–H and O–H groups in total. The number of benzene rings is 1. The third-order valence-electron chi connectivity index (χ3n) is 6.45. The second-order valence-corrected chi connectivity index (χ2v) is 8.54. The number of carbonyl (C=O) groups is 1. The van der Waals surface area contributed by atoms with Gasteiger partial charge in [-0.05, 0) is 31.0 Å². The molecule has 2 fully saturated rings. The van der Waals surface area contributed by atoms with E-state index in [9.17, 15) is 4.79 Å². The molecule has 32 heavy (non-hydrogen) atoms. The molecule has 1 aromatic carbocycles. The molecular formula is C25H33N3O4. The van der Waals surface area contributed by atoms with E-state index in [1.807, 2.05) is 29.2 Å². The molecule has 7 nitrogen and oxygen atoms in total. The van der Waals surface area contributed by atoms with E-state index in [4.69, 9.17) is 14.2 Å². The quantitative estimate of drug-likeness (QED) is 0.628. The van der Waals surface area contributed by atoms with Crippen LogP contribution in [0.15, 0.2) is 42.7 Å². The van der Waals surface area contributed by atoms with Crippen LogP contribution >= 0.6 is 0 Å². The summed E-state index contributed by atoms with van der Waals surface area (Å²) in [5.41, 5.74) is 1.77. The first-order valence-electron chi connectivity index (χ1n) is 11.4. The summed E-state index contributed by atoms with van der Waals surface area (Å²) in [4.78, 5) is 21.9. The second-order valence-electron chi connectivity index (χ2n) is 8.54. The number of amides is 1. The number of rotatable bonds is 8. The van der Waals surface area contributed by atoms with Gasteiger partial charge in [-0.2, -0.15) is 0 Å². The zero-order valence-electron chi connectivity index (χ0n) is 19.0. The molecule has 172 valence electrons. The smallest absolute Gasteiger partial charge is 0.255 e. The van der Waals surface area contributed by atoms with Gasteiger partial charge in [-0.3, -0.25) is 14.7 Å². The van der Waals surface area contributed by atoms with E-state index in [1.54, 1.807) is 26.6 Å². The largest absolute Gasteiger partial charge is 0.497 e. The summed E-state index contributed by atoms with van der Waals surface area (Å²) >= 11 is 0. The number of morpholine rings is 1. The monoisotopic (exact) mass is 439 g/mol. The second kappa shape index (κ2) is 10.8. The molecule has 1 unspecified atom stereocenters. The number of nitrogens with zero attached hydrogens (tertiary/aromatic N) is 3. The average molecular weight is 440 g/mol. The van der Waals surface area contributed by atoms with Crippen molar-refractivity contribution < 1.29 is 19.0 Å². The number of aromatic nitrogens is 1. The highest BCUT2D eigenvalue weighted by molar-refractivity contribution is 5.94. The Balaban J connectivity index is 1.44. The summed E-state index contributed by atoms with van der Waals surface area (Å²) < 4.78 is 17.0. The van der Waals surface area contributed by atoms with Gasteiger partial charge < -0.3 is 19.1 Å². The minimum absolute atomic E-state index is 0.0192. The number of pyridine rings is 1. The first kappa shape index (κ1) is 22.6. The molecule has 7 heteroatoms. The fraction of sp³-hybridized carbons (Fsp3) is 0.520. The highest BCUT2D eigenvalue weighted by Crippen LogP contribution is 2.28. The maximum absolute atomic E-state index is 13.3. The Hall–Kier alpha value is -2.64. The minimum atomic E-state index is -0.0192. The Bertz CT molecular complexity index is 886. The maximum atomic E-state index is 13.3. The lowest BCUT2D eigenvalue weighted by Crippen LogP contribution is -2.50. The Kier molecular flexibility index (Phi) is 7.60. The number of ether oxygens (including phenoxy) is 3. The summed E-state index contributed by atoms with van der Waals surface area (Å²) in [6.45, 7) is 3.66. The number of methoxy groups -OCH3 is 2. The van der Waals surface area contributed by atoms with Gasteiger partial charge in [-0.25, -0.2) is 0 Å². The lowest BCUT2D eigenvalue weighted by Gasteiger charge is -2.38. The number of hydrogen-bond acceptors (Lipinski definition) is 6. The van der Waals surface area contributed by atoms with Crippen molar-refractivity contribution >= 4 is 5.91 Å². The Morgan fingerprint density at radius 1 is 1.22 bits per heavy atom. The fourth-order valence-electron chi connectivity index (χ4n) is 4.75. The highest BCUT2D eigenvalue weighted by Gasteiger charge is 2.32. The summed E-state index contributed by atoms with van der Waals surface area (Å²) in [5.74, 6) is 1.67. The zero-order chi connectivity index (χ0) is 22.3. The molecule has 1 amide bonds. The van der Waals surface area contributed by atoms with E-state index in [-0.39, 0.29) is 18.1 Å². The van der Waals surface area contributed by atoms with Crippen LogP contribution in [-0.4, -0.2) is 73.3 Å². The molecule has 1 saturated carbocycles. The molecular weight excluding hydrogens is 406 g/mol. The van der Waals surface area contributed by atoms with Gasteiger partial charge in [0.25, 0.3) is 5.91 Å². The lowest BCUT2D eigenvalue weighted by atomic mass is 10.1. The van der Waals surface area contributed by atoms with Crippen molar-refractivity contribution in [2.24, 2.45) is 0 Å². The first-order chi connectivity index (χ1) is 15.7. The molecule has 0 radical (unpaired) electrons. The molecule has 2 heterocycles. The van der Waals surface area contributed by atoms with Crippen molar-refractivity contribution in [3.63, 3.8) is 0 Å². The highest BCUT2D eigenvalue weighted by atomic mass is 16.5. The molecule has 0 spiro atoms. The Morgan fingerprint density at radius 2 is 2.06 bits per heavy atom. The van der Waals surface area contributed by atoms with Gasteiger partial charge in [0.1, 0.15) is 11.5 Å². The lowest BCUT2D eigenvalue weighted by molar-refractivity contribution is -0.0469. The van der Waals surface area contributed by atoms with Crippen LogP contribution in [0.5, 0.6) is 11.5 Å². The van der Waals surface area contributed by atoms with Gasteiger partial charge in [0.2, 0.25) is 0 Å². The molecule has 1 aromatic heterocycles. The predicted molar refractivity (Wildman–Crippen MR) is 122 cm³/mol. The van der Waals surface area contributed by atoms with Gasteiger partial charge >= 0.3 is 0 Å². The number of carbonyl (C=O) groups excluding carboxylic acids is 1. The van der Waals surface area contributed by atoms with Crippen LogP contribution in [0.4, 0.5) is 0 Å². The molecule has 1 saturated heterocycles. The Labute approximate surface area is 190 Å². The van der Waals surface area contributed by atoms with Crippen molar-refractivity contribution in [1.29, 1.82) is 0 Å². The average Bonchev–Trinajstić information content (AvgIpc) is 3.38. The maximum Gasteiger partial charge on any atom is 0.255 e. The zero-order valence-corrected chi connectivity index (χ0v) is 19.0. The molecule has 1 aliphatic carbocycles. The van der Waals surface area contributed by atoms with Crippen LogP contribution in [0.25, 0.3) is 0 Å². The predicted octanol–water partition coefficient (Wildman–Crippen LogP) is 3.38. The fourth-order valence-corrected chi connectivity index (χ4v) is 4.75. The molecule has 1 aliphatic heterocycles. The van der Waals surface area contributed by atoms with Crippen molar-refractivity contribution in [2.75, 3.05) is 40.5 Å². The van der Waals surface area contributed by atoms with Gasteiger partial charge in [-0.15, -0.1) is 0 Å². The molecule has 1 atom stereocenters. The molecule has 4 rings (SSSR count). The Morgan fingerprint density at radius 3 is 2.78 bits per heavy atom. The van der Waals surface area contributed by atoms with Gasteiger partial charge in [0.05, 0.1) is 32.5 Å². The van der Waals surface area contributed by atoms with Crippen LogP contribution in [-0.2, 0) is 11.3 Å². The van der Waals surface area contributed by atoms with Gasteiger partial charge in [0, 0.05) is 56.2 Å². The summed E-state index contributed by atoms with van der Waals surface area (Å²) in [6, 6.07) is 9.89. The molecule has 2 aliphatic rings. The minimum Gasteiger partial charge on any atom is -0.497 e. The van der Waals surface area contributed by atoms with Crippen LogP contribution in [0, 0.1) is 0 Å². The van der Waals surface area contributed by atoms with Crippen molar-refractivity contribution in [1.82, 2.24) is 14.8 Å². The first-order valence-corrected chi connectivity index (χ1v) is 11.4. The number of hydrogen-bond donors (Lipinski definition) is 0. The topological polar surface area (TPSA) is 64.1 Å². The van der Waals surface area contributed by atoms with Crippen LogP contribution < -0.4 is 9.47 Å². The van der Waals surface area contributed by atoms with E-state index >= 15 is 0 Å². The molecule has 0 bridgehead atoms. The van der Waals surface area contributed by atoms with Crippen molar-refractivity contribution in [3.05, 3.63) is 53.9 Å². The third kappa shape index (κ3) is 5.40. The van der Waals surface area contributed by atoms with E-state index in [0.717, 1.165) is 49.5 Å². The van der Waals surface area contributed by atoms with Crippen LogP contribution in [0.2, 0.25) is 0 Å². The van der Waals surface area contributed by atoms with Gasteiger partial charge in [-0.1, -0.05) is 18.9 Å². The standard InChI is InChI=1S/C25H33N3O4/c1-30-22-10-9-20(24(14-22)31-2)16-27-12-13-32-23(17-27)18-28(21-7-3-4-8-21)25(29)19-6-5-11-26-15-19/h5-6,9-11,14-15,21,23H,3-4,7-8,12-13,16-18H2,1-2H3. The van der Waals surface area contributed by atoms with E-state index in [2.05, 4.69) is 16.0 Å². The third-order valence-corrected chi connectivity index (χ3v) is 6.45.